The zero-order valence-electron chi connectivity index (χ0n) is 11.0. The van der Waals surface area contributed by atoms with E-state index in [1.54, 1.807) is 26.0 Å². The van der Waals surface area contributed by atoms with Gasteiger partial charge in [-0.1, -0.05) is 12.1 Å². The minimum absolute atomic E-state index is 0.0360. The second-order valence-corrected chi connectivity index (χ2v) is 4.91. The van der Waals surface area contributed by atoms with Crippen LogP contribution in [0.4, 0.5) is 4.39 Å². The van der Waals surface area contributed by atoms with Gasteiger partial charge in [-0.2, -0.15) is 0 Å². The molecule has 102 valence electrons. The van der Waals surface area contributed by atoms with E-state index < -0.39 is 17.8 Å². The van der Waals surface area contributed by atoms with Gasteiger partial charge in [0.15, 0.2) is 0 Å². The molecule has 5 heteroatoms. The normalized spacial score (nSPS) is 15.7. The van der Waals surface area contributed by atoms with Crippen molar-refractivity contribution in [1.82, 2.24) is 10.6 Å². The van der Waals surface area contributed by atoms with Crippen LogP contribution in [0, 0.1) is 12.7 Å². The van der Waals surface area contributed by atoms with Gasteiger partial charge >= 0.3 is 0 Å². The third kappa shape index (κ3) is 3.30. The lowest BCUT2D eigenvalue weighted by molar-refractivity contribution is -0.122. The highest BCUT2D eigenvalue weighted by atomic mass is 19.1. The fraction of sp³-hybridized carbons (Fsp3) is 0.429. The number of hydrogen-bond acceptors (Lipinski definition) is 2. The molecule has 0 aliphatic heterocycles. The van der Waals surface area contributed by atoms with E-state index in [2.05, 4.69) is 10.6 Å². The SMILES string of the molecule is Cc1cccc(C(=O)NC(C)C(=O)NC2CC2)c1F. The van der Waals surface area contributed by atoms with Gasteiger partial charge < -0.3 is 10.6 Å². The van der Waals surface area contributed by atoms with Gasteiger partial charge in [-0.25, -0.2) is 4.39 Å². The minimum Gasteiger partial charge on any atom is -0.352 e. The molecule has 0 spiro atoms. The summed E-state index contributed by atoms with van der Waals surface area (Å²) < 4.78 is 13.8. The van der Waals surface area contributed by atoms with E-state index in [9.17, 15) is 14.0 Å². The molecule has 0 heterocycles. The van der Waals surface area contributed by atoms with E-state index in [-0.39, 0.29) is 17.5 Å². The summed E-state index contributed by atoms with van der Waals surface area (Å²) in [5.74, 6) is -1.35. The first-order valence-corrected chi connectivity index (χ1v) is 6.35. The van der Waals surface area contributed by atoms with Gasteiger partial charge in [0.05, 0.1) is 5.56 Å². The number of hydrogen-bond donors (Lipinski definition) is 2. The second-order valence-electron chi connectivity index (χ2n) is 4.91. The maximum Gasteiger partial charge on any atom is 0.254 e. The molecular weight excluding hydrogens is 247 g/mol. The first-order valence-electron chi connectivity index (χ1n) is 6.35. The van der Waals surface area contributed by atoms with Gasteiger partial charge in [-0.15, -0.1) is 0 Å². The van der Waals surface area contributed by atoms with Gasteiger partial charge in [-0.05, 0) is 38.3 Å². The number of carbonyl (C=O) groups excluding carboxylic acids is 2. The Morgan fingerprint density at radius 2 is 2.05 bits per heavy atom. The van der Waals surface area contributed by atoms with Crippen molar-refractivity contribution in [2.24, 2.45) is 0 Å². The fourth-order valence-corrected chi connectivity index (χ4v) is 1.72. The zero-order chi connectivity index (χ0) is 14.0. The number of nitrogens with one attached hydrogen (secondary N) is 2. The third-order valence-corrected chi connectivity index (χ3v) is 3.10. The second kappa shape index (κ2) is 5.38. The maximum absolute atomic E-state index is 13.8. The summed E-state index contributed by atoms with van der Waals surface area (Å²) in [5, 5.41) is 5.30. The zero-order valence-corrected chi connectivity index (χ0v) is 11.0. The van der Waals surface area contributed by atoms with Crippen LogP contribution >= 0.6 is 0 Å². The van der Waals surface area contributed by atoms with Gasteiger partial charge in [0.1, 0.15) is 11.9 Å². The predicted octanol–water partition coefficient (Wildman–Crippen LogP) is 1.53. The van der Waals surface area contributed by atoms with E-state index in [1.165, 1.54) is 6.07 Å². The molecule has 1 fully saturated rings. The summed E-state index contributed by atoms with van der Waals surface area (Å²) in [5.41, 5.74) is 0.369. The molecule has 19 heavy (non-hydrogen) atoms. The van der Waals surface area contributed by atoms with Crippen molar-refractivity contribution in [1.29, 1.82) is 0 Å². The summed E-state index contributed by atoms with van der Waals surface area (Å²) in [4.78, 5) is 23.6. The number of benzene rings is 1. The van der Waals surface area contributed by atoms with Crippen molar-refractivity contribution in [3.05, 3.63) is 35.1 Å². The van der Waals surface area contributed by atoms with Crippen molar-refractivity contribution < 1.29 is 14.0 Å². The average molecular weight is 264 g/mol. The molecule has 2 rings (SSSR count). The fourth-order valence-electron chi connectivity index (χ4n) is 1.72. The Kier molecular flexibility index (Phi) is 3.83. The highest BCUT2D eigenvalue weighted by molar-refractivity contribution is 5.97. The molecule has 0 aromatic heterocycles. The van der Waals surface area contributed by atoms with Crippen molar-refractivity contribution in [2.75, 3.05) is 0 Å². The molecule has 1 aliphatic carbocycles. The van der Waals surface area contributed by atoms with Crippen LogP contribution in [0.15, 0.2) is 18.2 Å². The number of amides is 2. The molecule has 1 unspecified atom stereocenters. The Morgan fingerprint density at radius 1 is 1.37 bits per heavy atom. The molecule has 1 atom stereocenters. The Bertz CT molecular complexity index is 512. The van der Waals surface area contributed by atoms with Crippen LogP contribution in [0.5, 0.6) is 0 Å². The summed E-state index contributed by atoms with van der Waals surface area (Å²) in [6.07, 6.45) is 1.97. The monoisotopic (exact) mass is 264 g/mol. The number of rotatable bonds is 4. The standard InChI is InChI=1S/C14H17FN2O2/c1-8-4-3-5-11(12(8)15)14(19)16-9(2)13(18)17-10-6-7-10/h3-5,9-10H,6-7H2,1-2H3,(H,16,19)(H,17,18). The molecule has 4 nitrogen and oxygen atoms in total. The number of carbonyl (C=O) groups is 2. The Morgan fingerprint density at radius 3 is 2.68 bits per heavy atom. The minimum atomic E-state index is -0.673. The highest BCUT2D eigenvalue weighted by Crippen LogP contribution is 2.18. The summed E-state index contributed by atoms with van der Waals surface area (Å²) in [6.45, 7) is 3.18. The summed E-state index contributed by atoms with van der Waals surface area (Å²) >= 11 is 0. The maximum atomic E-state index is 13.8. The van der Waals surface area contributed by atoms with Crippen molar-refractivity contribution in [3.63, 3.8) is 0 Å². The van der Waals surface area contributed by atoms with Crippen LogP contribution in [0.1, 0.15) is 35.7 Å². The molecule has 1 aromatic carbocycles. The lowest BCUT2D eigenvalue weighted by Crippen LogP contribution is -2.45. The Labute approximate surface area is 111 Å². The van der Waals surface area contributed by atoms with E-state index in [0.29, 0.717) is 5.56 Å². The largest absolute Gasteiger partial charge is 0.352 e. The average Bonchev–Trinajstić information content (AvgIpc) is 3.16. The van der Waals surface area contributed by atoms with Crippen LogP contribution < -0.4 is 10.6 Å². The topological polar surface area (TPSA) is 58.2 Å². The molecule has 1 aromatic rings. The smallest absolute Gasteiger partial charge is 0.254 e. The Balaban J connectivity index is 1.99. The van der Waals surface area contributed by atoms with E-state index in [1.807, 2.05) is 0 Å². The molecule has 0 radical (unpaired) electrons. The highest BCUT2D eigenvalue weighted by Gasteiger charge is 2.26. The lowest BCUT2D eigenvalue weighted by atomic mass is 10.1. The molecular formula is C14H17FN2O2. The summed E-state index contributed by atoms with van der Waals surface area (Å²) in [6, 6.07) is 4.18. The Hall–Kier alpha value is -1.91. The number of halogens is 1. The molecule has 1 saturated carbocycles. The first kappa shape index (κ1) is 13.5. The summed E-state index contributed by atoms with van der Waals surface area (Å²) in [7, 11) is 0. The molecule has 2 N–H and O–H groups in total. The number of aryl methyl sites for hydroxylation is 1. The van der Waals surface area contributed by atoms with E-state index in [0.717, 1.165) is 12.8 Å². The van der Waals surface area contributed by atoms with Crippen LogP contribution in [-0.2, 0) is 4.79 Å². The van der Waals surface area contributed by atoms with Gasteiger partial charge in [0.2, 0.25) is 5.91 Å². The van der Waals surface area contributed by atoms with Crippen molar-refractivity contribution in [2.45, 2.75) is 38.8 Å². The van der Waals surface area contributed by atoms with Crippen LogP contribution in [-0.4, -0.2) is 23.9 Å². The van der Waals surface area contributed by atoms with Crippen molar-refractivity contribution >= 4 is 11.8 Å². The van der Waals surface area contributed by atoms with E-state index in [4.69, 9.17) is 0 Å². The van der Waals surface area contributed by atoms with E-state index >= 15 is 0 Å². The third-order valence-electron chi connectivity index (χ3n) is 3.10. The quantitative estimate of drug-likeness (QED) is 0.866. The van der Waals surface area contributed by atoms with Crippen molar-refractivity contribution in [3.8, 4) is 0 Å². The van der Waals surface area contributed by atoms with Crippen LogP contribution in [0.3, 0.4) is 0 Å². The molecule has 0 bridgehead atoms. The molecule has 1 aliphatic rings. The van der Waals surface area contributed by atoms with Gasteiger partial charge in [0.25, 0.3) is 5.91 Å². The first-order chi connectivity index (χ1) is 8.99. The predicted molar refractivity (Wildman–Crippen MR) is 69.2 cm³/mol. The van der Waals surface area contributed by atoms with Gasteiger partial charge in [-0.3, -0.25) is 9.59 Å². The van der Waals surface area contributed by atoms with Crippen LogP contribution in [0.25, 0.3) is 0 Å². The molecule has 2 amide bonds. The van der Waals surface area contributed by atoms with Gasteiger partial charge in [0, 0.05) is 6.04 Å². The lowest BCUT2D eigenvalue weighted by Gasteiger charge is -2.14. The van der Waals surface area contributed by atoms with Crippen LogP contribution in [0.2, 0.25) is 0 Å². The molecule has 0 saturated heterocycles.